The van der Waals surface area contributed by atoms with Gasteiger partial charge in [-0.1, -0.05) is 29.8 Å². The Morgan fingerprint density at radius 3 is 2.38 bits per heavy atom. The second-order valence-corrected chi connectivity index (χ2v) is 7.03. The summed E-state index contributed by atoms with van der Waals surface area (Å²) in [5, 5.41) is 0. The summed E-state index contributed by atoms with van der Waals surface area (Å²) in [6, 6.07) is 12.3. The molecular formula is C22H27NO3. The van der Waals surface area contributed by atoms with Gasteiger partial charge >= 0.3 is 0 Å². The molecule has 1 aliphatic heterocycles. The van der Waals surface area contributed by atoms with Crippen molar-refractivity contribution in [1.29, 1.82) is 0 Å². The van der Waals surface area contributed by atoms with Gasteiger partial charge in [0, 0.05) is 6.54 Å². The number of likely N-dealkylation sites (tertiary alicyclic amines) is 1. The second-order valence-electron chi connectivity index (χ2n) is 7.03. The minimum absolute atomic E-state index is 0.0442. The van der Waals surface area contributed by atoms with Gasteiger partial charge in [-0.2, -0.15) is 0 Å². The maximum Gasteiger partial charge on any atom is 0.261 e. The molecule has 1 saturated heterocycles. The highest BCUT2D eigenvalue weighted by atomic mass is 16.5. The van der Waals surface area contributed by atoms with Crippen molar-refractivity contribution < 1.29 is 14.3 Å². The fourth-order valence-corrected chi connectivity index (χ4v) is 3.85. The van der Waals surface area contributed by atoms with Gasteiger partial charge in [0.2, 0.25) is 0 Å². The number of ether oxygens (including phenoxy) is 2. The molecule has 1 fully saturated rings. The molecule has 4 heteroatoms. The molecule has 0 bridgehead atoms. The average Bonchev–Trinajstić information content (AvgIpc) is 3.10. The molecule has 1 atom stereocenters. The number of nitrogens with zero attached hydrogens (tertiary/aromatic N) is 1. The standard InChI is InChI=1S/C22H27NO3/c1-15-12-16(2)22(17(3)13-15)26-14-21(24)23-11-5-6-20(23)18-7-9-19(25-4)10-8-18/h7-10,12-13,20H,5-6,11,14H2,1-4H3/t20-/m0/s1. The Labute approximate surface area is 155 Å². The van der Waals surface area contributed by atoms with Crippen LogP contribution in [0, 0.1) is 20.8 Å². The summed E-state index contributed by atoms with van der Waals surface area (Å²) in [4.78, 5) is 14.7. The Morgan fingerprint density at radius 1 is 1.12 bits per heavy atom. The van der Waals surface area contributed by atoms with Crippen molar-refractivity contribution in [2.75, 3.05) is 20.3 Å². The van der Waals surface area contributed by atoms with Gasteiger partial charge in [0.05, 0.1) is 13.2 Å². The maximum atomic E-state index is 12.8. The Balaban J connectivity index is 1.68. The summed E-state index contributed by atoms with van der Waals surface area (Å²) in [5.41, 5.74) is 4.50. The third-order valence-electron chi connectivity index (χ3n) is 5.02. The lowest BCUT2D eigenvalue weighted by Gasteiger charge is -2.25. The lowest BCUT2D eigenvalue weighted by molar-refractivity contribution is -0.134. The number of carbonyl (C=O) groups is 1. The van der Waals surface area contributed by atoms with E-state index in [4.69, 9.17) is 9.47 Å². The van der Waals surface area contributed by atoms with Crippen molar-refractivity contribution in [3.8, 4) is 11.5 Å². The molecule has 4 nitrogen and oxygen atoms in total. The molecule has 0 unspecified atom stereocenters. The number of hydrogen-bond donors (Lipinski definition) is 0. The van der Waals surface area contributed by atoms with Crippen LogP contribution in [0.4, 0.5) is 0 Å². The fourth-order valence-electron chi connectivity index (χ4n) is 3.85. The zero-order valence-corrected chi connectivity index (χ0v) is 16.0. The van der Waals surface area contributed by atoms with Gasteiger partial charge in [-0.25, -0.2) is 0 Å². The van der Waals surface area contributed by atoms with E-state index in [0.717, 1.165) is 47.6 Å². The summed E-state index contributed by atoms with van der Waals surface area (Å²) in [7, 11) is 1.66. The molecule has 2 aromatic carbocycles. The molecule has 0 aromatic heterocycles. The van der Waals surface area contributed by atoms with Gasteiger partial charge in [0.15, 0.2) is 6.61 Å². The van der Waals surface area contributed by atoms with Crippen molar-refractivity contribution in [3.05, 3.63) is 58.7 Å². The lowest BCUT2D eigenvalue weighted by atomic mass is 10.0. The number of amides is 1. The first-order valence-corrected chi connectivity index (χ1v) is 9.13. The molecule has 0 saturated carbocycles. The van der Waals surface area contributed by atoms with E-state index in [1.807, 2.05) is 43.0 Å². The molecule has 1 amide bonds. The molecule has 0 N–H and O–H groups in total. The van der Waals surface area contributed by atoms with E-state index >= 15 is 0 Å². The quantitative estimate of drug-likeness (QED) is 0.801. The van der Waals surface area contributed by atoms with Crippen LogP contribution in [0.5, 0.6) is 11.5 Å². The van der Waals surface area contributed by atoms with Crippen LogP contribution in [-0.4, -0.2) is 31.1 Å². The van der Waals surface area contributed by atoms with Crippen LogP contribution in [0.2, 0.25) is 0 Å². The van der Waals surface area contributed by atoms with Crippen LogP contribution >= 0.6 is 0 Å². The number of methoxy groups -OCH3 is 1. The third kappa shape index (κ3) is 3.85. The Kier molecular flexibility index (Phi) is 5.50. The van der Waals surface area contributed by atoms with Crippen molar-refractivity contribution in [3.63, 3.8) is 0 Å². The van der Waals surface area contributed by atoms with Crippen LogP contribution in [0.15, 0.2) is 36.4 Å². The van der Waals surface area contributed by atoms with Crippen LogP contribution in [0.1, 0.15) is 41.1 Å². The first-order valence-electron chi connectivity index (χ1n) is 9.13. The Morgan fingerprint density at radius 2 is 1.77 bits per heavy atom. The molecule has 2 aromatic rings. The van der Waals surface area contributed by atoms with Crippen molar-refractivity contribution in [1.82, 2.24) is 4.90 Å². The highest BCUT2D eigenvalue weighted by Crippen LogP contribution is 2.33. The summed E-state index contributed by atoms with van der Waals surface area (Å²) in [5.74, 6) is 1.70. The second kappa shape index (κ2) is 7.81. The zero-order chi connectivity index (χ0) is 18.7. The molecule has 138 valence electrons. The normalized spacial score (nSPS) is 16.6. The van der Waals surface area contributed by atoms with Gasteiger partial charge < -0.3 is 14.4 Å². The molecule has 0 spiro atoms. The van der Waals surface area contributed by atoms with Crippen LogP contribution in [0.25, 0.3) is 0 Å². The van der Waals surface area contributed by atoms with E-state index in [-0.39, 0.29) is 18.6 Å². The van der Waals surface area contributed by atoms with E-state index in [0.29, 0.717) is 0 Å². The Bertz CT molecular complexity index is 759. The monoisotopic (exact) mass is 353 g/mol. The van der Waals surface area contributed by atoms with Gasteiger partial charge in [-0.05, 0) is 62.4 Å². The minimum Gasteiger partial charge on any atom is -0.497 e. The summed E-state index contributed by atoms with van der Waals surface area (Å²) in [6.07, 6.45) is 2.01. The highest BCUT2D eigenvalue weighted by Gasteiger charge is 2.30. The van der Waals surface area contributed by atoms with Crippen LogP contribution in [-0.2, 0) is 4.79 Å². The molecule has 1 aliphatic rings. The molecule has 3 rings (SSSR count). The molecular weight excluding hydrogens is 326 g/mol. The number of carbonyl (C=O) groups excluding carboxylic acids is 1. The molecule has 1 heterocycles. The van der Waals surface area contributed by atoms with Crippen molar-refractivity contribution in [2.24, 2.45) is 0 Å². The average molecular weight is 353 g/mol. The molecule has 0 radical (unpaired) electrons. The number of rotatable bonds is 5. The first kappa shape index (κ1) is 18.3. The molecule has 26 heavy (non-hydrogen) atoms. The van der Waals surface area contributed by atoms with E-state index in [2.05, 4.69) is 19.1 Å². The topological polar surface area (TPSA) is 38.8 Å². The first-order chi connectivity index (χ1) is 12.5. The minimum atomic E-state index is 0.0442. The van der Waals surface area contributed by atoms with Crippen molar-refractivity contribution >= 4 is 5.91 Å². The van der Waals surface area contributed by atoms with Gasteiger partial charge in [-0.3, -0.25) is 4.79 Å². The largest absolute Gasteiger partial charge is 0.497 e. The van der Waals surface area contributed by atoms with Gasteiger partial charge in [0.25, 0.3) is 5.91 Å². The highest BCUT2D eigenvalue weighted by molar-refractivity contribution is 5.78. The van der Waals surface area contributed by atoms with Crippen LogP contribution in [0.3, 0.4) is 0 Å². The predicted octanol–water partition coefficient (Wildman–Crippen LogP) is 4.36. The predicted molar refractivity (Wildman–Crippen MR) is 103 cm³/mol. The Hall–Kier alpha value is -2.49. The van der Waals surface area contributed by atoms with E-state index in [9.17, 15) is 4.79 Å². The lowest BCUT2D eigenvalue weighted by Crippen LogP contribution is -2.34. The zero-order valence-electron chi connectivity index (χ0n) is 16.0. The van der Waals surface area contributed by atoms with E-state index in [1.54, 1.807) is 7.11 Å². The SMILES string of the molecule is COc1ccc([C@@H]2CCCN2C(=O)COc2c(C)cc(C)cc2C)cc1. The summed E-state index contributed by atoms with van der Waals surface area (Å²) < 4.78 is 11.1. The van der Waals surface area contributed by atoms with Crippen molar-refractivity contribution in [2.45, 2.75) is 39.7 Å². The maximum absolute atomic E-state index is 12.8. The summed E-state index contributed by atoms with van der Waals surface area (Å²) >= 11 is 0. The fraction of sp³-hybridized carbons (Fsp3) is 0.409. The smallest absolute Gasteiger partial charge is 0.261 e. The summed E-state index contributed by atoms with van der Waals surface area (Å²) in [6.45, 7) is 6.98. The number of aryl methyl sites for hydroxylation is 3. The van der Waals surface area contributed by atoms with Gasteiger partial charge in [-0.15, -0.1) is 0 Å². The van der Waals surface area contributed by atoms with Crippen LogP contribution < -0.4 is 9.47 Å². The van der Waals surface area contributed by atoms with Gasteiger partial charge in [0.1, 0.15) is 11.5 Å². The van der Waals surface area contributed by atoms with E-state index < -0.39 is 0 Å². The number of hydrogen-bond acceptors (Lipinski definition) is 3. The number of benzene rings is 2. The van der Waals surface area contributed by atoms with E-state index in [1.165, 1.54) is 5.56 Å². The third-order valence-corrected chi connectivity index (χ3v) is 5.02. The molecule has 0 aliphatic carbocycles.